The molecule has 2 N–H and O–H groups in total. The Labute approximate surface area is 137 Å². The molecule has 6 atom stereocenters. The van der Waals surface area contributed by atoms with Crippen molar-refractivity contribution >= 4 is 33.0 Å². The monoisotopic (exact) mass is 373 g/mol. The zero-order valence-corrected chi connectivity index (χ0v) is 14.0. The maximum Gasteiger partial charge on any atom is 0.582 e. The Bertz CT molecular complexity index is 653. The molecule has 1 aliphatic rings. The van der Waals surface area contributed by atoms with Crippen LogP contribution in [0, 0.1) is 0 Å². The second-order valence-electron chi connectivity index (χ2n) is 4.50. The molecule has 1 aromatic rings. The van der Waals surface area contributed by atoms with E-state index in [2.05, 4.69) is 12.2 Å². The van der Waals surface area contributed by atoms with E-state index in [1.807, 2.05) is 4.98 Å². The molecule has 8 nitrogen and oxygen atoms in total. The Kier molecular flexibility index (Phi) is 6.78. The Balaban J connectivity index is 0.00000242. The molecule has 1 aromatic heterocycles. The predicted molar refractivity (Wildman–Crippen MR) is 83.7 cm³/mol. The number of aliphatic hydroxyl groups excluding tert-OH is 1. The first-order chi connectivity index (χ1) is 9.81. The molecule has 0 aliphatic carbocycles. The first kappa shape index (κ1) is 19.3. The highest BCUT2D eigenvalue weighted by atomic mass is 32.7. The van der Waals surface area contributed by atoms with E-state index in [1.54, 1.807) is 0 Å². The normalized spacial score (nSPS) is 29.7. The number of aliphatic hydroxyl groups is 1. The van der Waals surface area contributed by atoms with E-state index < -0.39 is 49.2 Å². The minimum atomic E-state index is -2.42. The number of ether oxygens (including phenoxy) is 1. The van der Waals surface area contributed by atoms with E-state index in [1.165, 1.54) is 6.92 Å². The molecular formula is C10H15FN2O6PS2+. The lowest BCUT2D eigenvalue weighted by Gasteiger charge is -2.17. The molecule has 0 radical (unpaired) electrons. The molecule has 0 saturated carbocycles. The van der Waals surface area contributed by atoms with Gasteiger partial charge in [-0.25, -0.2) is 9.18 Å². The van der Waals surface area contributed by atoms with Crippen molar-refractivity contribution in [2.75, 3.05) is 0 Å². The lowest BCUT2D eigenvalue weighted by molar-refractivity contribution is -0.0747. The highest BCUT2D eigenvalue weighted by molar-refractivity contribution is 8.39. The predicted octanol–water partition coefficient (Wildman–Crippen LogP) is 0.238. The van der Waals surface area contributed by atoms with Crippen LogP contribution in [-0.4, -0.2) is 39.1 Å². The SMILES string of the molecule is C[C@H](O)[C@H]1O[C@@H](n2ccc(=O)[nH]c2=O)C(F)[C@H]1O[P+](=O)S.S. The Morgan fingerprint density at radius 1 is 1.59 bits per heavy atom. The van der Waals surface area contributed by atoms with Crippen LogP contribution in [0.25, 0.3) is 0 Å². The van der Waals surface area contributed by atoms with Gasteiger partial charge >= 0.3 is 12.9 Å². The first-order valence-electron chi connectivity index (χ1n) is 5.93. The van der Waals surface area contributed by atoms with Crippen LogP contribution < -0.4 is 11.2 Å². The van der Waals surface area contributed by atoms with Gasteiger partial charge in [-0.15, -0.1) is 4.52 Å². The Hall–Kier alpha value is -0.710. The molecule has 1 aliphatic heterocycles. The molecule has 0 spiro atoms. The summed E-state index contributed by atoms with van der Waals surface area (Å²) in [6, 6.07) is 1.03. The minimum Gasteiger partial charge on any atom is -0.391 e. The van der Waals surface area contributed by atoms with Crippen molar-refractivity contribution in [3.05, 3.63) is 33.1 Å². The fourth-order valence-corrected chi connectivity index (χ4v) is 2.89. The smallest absolute Gasteiger partial charge is 0.391 e. The zero-order valence-electron chi connectivity index (χ0n) is 11.2. The van der Waals surface area contributed by atoms with Gasteiger partial charge in [-0.3, -0.25) is 14.3 Å². The van der Waals surface area contributed by atoms with Gasteiger partial charge in [0.05, 0.1) is 6.10 Å². The molecule has 12 heteroatoms. The molecule has 124 valence electrons. The van der Waals surface area contributed by atoms with Crippen molar-refractivity contribution in [2.24, 2.45) is 0 Å². The van der Waals surface area contributed by atoms with Gasteiger partial charge in [-0.2, -0.15) is 13.5 Å². The standard InChI is InChI=1S/C10H12FN2O6PS.H2S/c1-4(14)7-8(19-20(17)21)6(11)9(18-7)13-3-2-5(15)12-10(13)16;/h2-4,6-9,14H,1H3,(H-,12,15,16,17,21);1H2/p+1/t4-,6?,7+,8+,9+;/m0./s1. The van der Waals surface area contributed by atoms with E-state index >= 15 is 0 Å². The van der Waals surface area contributed by atoms with Crippen LogP contribution in [0.4, 0.5) is 4.39 Å². The summed E-state index contributed by atoms with van der Waals surface area (Å²) in [6.45, 7) is 1.34. The third-order valence-corrected chi connectivity index (χ3v) is 3.73. The number of halogens is 1. The fraction of sp³-hybridized carbons (Fsp3) is 0.600. The molecular weight excluding hydrogens is 358 g/mol. The molecule has 1 saturated heterocycles. The summed E-state index contributed by atoms with van der Waals surface area (Å²) in [4.78, 5) is 24.6. The van der Waals surface area contributed by atoms with Gasteiger partial charge in [0.25, 0.3) is 5.56 Å². The van der Waals surface area contributed by atoms with Crippen LogP contribution in [0.3, 0.4) is 0 Å². The number of thiol groups is 1. The van der Waals surface area contributed by atoms with Gasteiger partial charge in [0.15, 0.2) is 18.5 Å². The number of hydrogen-bond acceptors (Lipinski definition) is 6. The van der Waals surface area contributed by atoms with Crippen LogP contribution in [0.1, 0.15) is 13.2 Å². The Morgan fingerprint density at radius 3 is 2.73 bits per heavy atom. The summed E-state index contributed by atoms with van der Waals surface area (Å²) < 4.78 is 36.4. The van der Waals surface area contributed by atoms with Gasteiger partial charge in [0, 0.05) is 12.3 Å². The summed E-state index contributed by atoms with van der Waals surface area (Å²) in [6.07, 6.45) is -5.83. The van der Waals surface area contributed by atoms with Crippen LogP contribution in [0.2, 0.25) is 0 Å². The van der Waals surface area contributed by atoms with Crippen molar-refractivity contribution in [1.29, 1.82) is 0 Å². The summed E-state index contributed by atoms with van der Waals surface area (Å²) >= 11 is 3.54. The van der Waals surface area contributed by atoms with Crippen LogP contribution in [-0.2, 0) is 13.8 Å². The van der Waals surface area contributed by atoms with Gasteiger partial charge < -0.3 is 9.84 Å². The van der Waals surface area contributed by atoms with E-state index in [4.69, 9.17) is 9.26 Å². The van der Waals surface area contributed by atoms with E-state index in [-0.39, 0.29) is 13.5 Å². The second kappa shape index (κ2) is 7.71. The molecule has 0 bridgehead atoms. The van der Waals surface area contributed by atoms with Gasteiger partial charge in [-0.05, 0) is 11.5 Å². The second-order valence-corrected chi connectivity index (χ2v) is 6.17. The molecule has 22 heavy (non-hydrogen) atoms. The number of hydrogen-bond donors (Lipinski definition) is 3. The zero-order chi connectivity index (χ0) is 15.7. The van der Waals surface area contributed by atoms with Crippen LogP contribution >= 0.6 is 33.0 Å². The molecule has 0 aromatic carbocycles. The lowest BCUT2D eigenvalue weighted by Crippen LogP contribution is -2.37. The summed E-state index contributed by atoms with van der Waals surface area (Å²) in [5.41, 5.74) is -1.50. The molecule has 2 unspecified atom stereocenters. The quantitative estimate of drug-likeness (QED) is 0.515. The Morgan fingerprint density at radius 2 is 2.23 bits per heavy atom. The lowest BCUT2D eigenvalue weighted by atomic mass is 10.1. The number of alkyl halides is 1. The largest absolute Gasteiger partial charge is 0.582 e. The average molecular weight is 373 g/mol. The number of nitrogens with zero attached hydrogens (tertiary/aromatic N) is 1. The highest BCUT2D eigenvalue weighted by Gasteiger charge is 2.52. The maximum absolute atomic E-state index is 14.4. The summed E-state index contributed by atoms with van der Waals surface area (Å²) in [5, 5.41) is 9.59. The minimum absolute atomic E-state index is 0. The summed E-state index contributed by atoms with van der Waals surface area (Å²) in [7, 11) is -2.42. The number of aromatic nitrogens is 2. The van der Waals surface area contributed by atoms with Gasteiger partial charge in [-0.1, -0.05) is 0 Å². The fourth-order valence-electron chi connectivity index (χ4n) is 2.11. The van der Waals surface area contributed by atoms with Crippen molar-refractivity contribution in [3.8, 4) is 0 Å². The van der Waals surface area contributed by atoms with Gasteiger partial charge in [0.1, 0.15) is 18.4 Å². The third-order valence-electron chi connectivity index (χ3n) is 3.02. The van der Waals surface area contributed by atoms with Crippen molar-refractivity contribution in [3.63, 3.8) is 0 Å². The average Bonchev–Trinajstić information content (AvgIpc) is 2.67. The van der Waals surface area contributed by atoms with Crippen molar-refractivity contribution in [1.82, 2.24) is 9.55 Å². The highest BCUT2D eigenvalue weighted by Crippen LogP contribution is 2.40. The topological polar surface area (TPSA) is 111 Å². The van der Waals surface area contributed by atoms with E-state index in [9.17, 15) is 23.7 Å². The molecule has 0 amide bonds. The molecule has 2 rings (SSSR count). The third kappa shape index (κ3) is 3.98. The van der Waals surface area contributed by atoms with Gasteiger partial charge in [0.2, 0.25) is 0 Å². The number of nitrogens with one attached hydrogen (secondary N) is 1. The first-order valence-corrected chi connectivity index (χ1v) is 8.26. The van der Waals surface area contributed by atoms with Crippen molar-refractivity contribution < 1.29 is 23.3 Å². The van der Waals surface area contributed by atoms with E-state index in [0.717, 1.165) is 16.8 Å². The maximum atomic E-state index is 14.4. The van der Waals surface area contributed by atoms with Crippen molar-refractivity contribution in [2.45, 2.75) is 37.6 Å². The number of H-pyrrole nitrogens is 1. The number of rotatable bonds is 4. The van der Waals surface area contributed by atoms with Crippen LogP contribution in [0.15, 0.2) is 21.9 Å². The molecule has 2 heterocycles. The van der Waals surface area contributed by atoms with Crippen LogP contribution in [0.5, 0.6) is 0 Å². The number of aromatic amines is 1. The van der Waals surface area contributed by atoms with E-state index in [0.29, 0.717) is 0 Å². The summed E-state index contributed by atoms with van der Waals surface area (Å²) in [5.74, 6) is 0. The molecule has 1 fully saturated rings.